The lowest BCUT2D eigenvalue weighted by Crippen LogP contribution is -2.12. The van der Waals surface area contributed by atoms with Crippen molar-refractivity contribution in [3.8, 4) is 5.75 Å². The first kappa shape index (κ1) is 10.3. The van der Waals surface area contributed by atoms with Gasteiger partial charge in [-0.25, -0.2) is 0 Å². The van der Waals surface area contributed by atoms with Crippen molar-refractivity contribution in [3.05, 3.63) is 28.3 Å². The van der Waals surface area contributed by atoms with Gasteiger partial charge < -0.3 is 10.3 Å². The number of aromatic hydroxyl groups is 1. The van der Waals surface area contributed by atoms with Gasteiger partial charge in [0.25, 0.3) is 0 Å². The molecule has 0 bridgehead atoms. The third kappa shape index (κ3) is 2.59. The van der Waals surface area contributed by atoms with E-state index in [-0.39, 0.29) is 5.75 Å². The first-order chi connectivity index (χ1) is 6.00. The monoisotopic (exact) mass is 201 g/mol. The van der Waals surface area contributed by atoms with Crippen molar-refractivity contribution >= 4 is 11.6 Å². The number of phenolic OH excluding ortho intramolecular Hbond substituents is 1. The Kier molecular flexibility index (Phi) is 3.14. The minimum atomic E-state index is 0.166. The van der Waals surface area contributed by atoms with Crippen molar-refractivity contribution in [2.75, 3.05) is 7.05 Å². The van der Waals surface area contributed by atoms with Crippen molar-refractivity contribution in [1.82, 2.24) is 5.06 Å². The summed E-state index contributed by atoms with van der Waals surface area (Å²) in [5.74, 6) is 0.166. The van der Waals surface area contributed by atoms with E-state index in [4.69, 9.17) is 16.8 Å². The first-order valence-electron chi connectivity index (χ1n) is 3.88. The summed E-state index contributed by atoms with van der Waals surface area (Å²) < 4.78 is 0. The second-order valence-corrected chi connectivity index (χ2v) is 3.43. The van der Waals surface area contributed by atoms with E-state index in [0.29, 0.717) is 17.1 Å². The minimum Gasteiger partial charge on any atom is -0.508 e. The number of halogens is 1. The van der Waals surface area contributed by atoms with E-state index in [9.17, 15) is 5.11 Å². The molecule has 2 N–H and O–H groups in total. The highest BCUT2D eigenvalue weighted by Gasteiger charge is 2.06. The fourth-order valence-electron chi connectivity index (χ4n) is 1.18. The average molecular weight is 202 g/mol. The molecule has 0 fully saturated rings. The van der Waals surface area contributed by atoms with E-state index in [0.717, 1.165) is 10.6 Å². The molecule has 72 valence electrons. The number of benzene rings is 1. The molecule has 0 aliphatic rings. The Labute approximate surface area is 82.1 Å². The zero-order valence-electron chi connectivity index (χ0n) is 7.58. The van der Waals surface area contributed by atoms with Gasteiger partial charge in [0.15, 0.2) is 0 Å². The summed E-state index contributed by atoms with van der Waals surface area (Å²) in [5, 5.41) is 19.9. The summed E-state index contributed by atoms with van der Waals surface area (Å²) in [4.78, 5) is 0. The molecule has 0 saturated carbocycles. The summed E-state index contributed by atoms with van der Waals surface area (Å²) in [6.07, 6.45) is 0. The molecule has 0 spiro atoms. The number of nitrogens with zero attached hydrogens (tertiary/aromatic N) is 1. The molecule has 0 aliphatic carbocycles. The Hall–Kier alpha value is -0.770. The quantitative estimate of drug-likeness (QED) is 0.721. The van der Waals surface area contributed by atoms with Gasteiger partial charge in [-0.1, -0.05) is 11.6 Å². The van der Waals surface area contributed by atoms with Crippen molar-refractivity contribution in [3.63, 3.8) is 0 Å². The molecule has 0 amide bonds. The van der Waals surface area contributed by atoms with Crippen LogP contribution < -0.4 is 0 Å². The van der Waals surface area contributed by atoms with E-state index in [1.54, 1.807) is 12.1 Å². The number of hydrogen-bond acceptors (Lipinski definition) is 3. The zero-order chi connectivity index (χ0) is 10.0. The van der Waals surface area contributed by atoms with E-state index < -0.39 is 0 Å². The van der Waals surface area contributed by atoms with Gasteiger partial charge in [0.1, 0.15) is 5.75 Å². The fraction of sp³-hybridized carbons (Fsp3) is 0.333. The lowest BCUT2D eigenvalue weighted by atomic mass is 10.1. The van der Waals surface area contributed by atoms with Gasteiger partial charge in [-0.3, -0.25) is 0 Å². The minimum absolute atomic E-state index is 0.166. The first-order valence-corrected chi connectivity index (χ1v) is 4.26. The van der Waals surface area contributed by atoms with Crippen molar-refractivity contribution in [1.29, 1.82) is 0 Å². The normalized spacial score (nSPS) is 10.8. The molecule has 13 heavy (non-hydrogen) atoms. The SMILES string of the molecule is Cc1cc(O)cc(CN(C)O)c1Cl. The van der Waals surface area contributed by atoms with Gasteiger partial charge in [0, 0.05) is 12.1 Å². The number of rotatable bonds is 2. The number of hydroxylamine groups is 2. The largest absolute Gasteiger partial charge is 0.508 e. The molecule has 1 rings (SSSR count). The summed E-state index contributed by atoms with van der Waals surface area (Å²) in [6.45, 7) is 2.11. The molecule has 4 heteroatoms. The van der Waals surface area contributed by atoms with E-state index in [1.165, 1.54) is 7.05 Å². The Bertz CT molecular complexity index is 313. The van der Waals surface area contributed by atoms with Crippen molar-refractivity contribution in [2.45, 2.75) is 13.5 Å². The summed E-state index contributed by atoms with van der Waals surface area (Å²) in [6, 6.07) is 3.13. The Balaban J connectivity index is 3.05. The third-order valence-corrected chi connectivity index (χ3v) is 2.25. The lowest BCUT2D eigenvalue weighted by Gasteiger charge is -2.11. The van der Waals surface area contributed by atoms with Crippen LogP contribution in [0.4, 0.5) is 0 Å². The predicted octanol–water partition coefficient (Wildman–Crippen LogP) is 2.18. The highest BCUT2D eigenvalue weighted by atomic mass is 35.5. The van der Waals surface area contributed by atoms with Gasteiger partial charge in [-0.15, -0.1) is 0 Å². The van der Waals surface area contributed by atoms with Crippen LogP contribution in [0.5, 0.6) is 5.75 Å². The van der Waals surface area contributed by atoms with Gasteiger partial charge >= 0.3 is 0 Å². The summed E-state index contributed by atoms with van der Waals surface area (Å²) in [5.41, 5.74) is 1.52. The van der Waals surface area contributed by atoms with Crippen LogP contribution in [0.15, 0.2) is 12.1 Å². The molecular weight excluding hydrogens is 190 g/mol. The van der Waals surface area contributed by atoms with Crippen LogP contribution in [-0.4, -0.2) is 22.4 Å². The highest BCUT2D eigenvalue weighted by molar-refractivity contribution is 6.32. The molecule has 0 saturated heterocycles. The molecule has 0 unspecified atom stereocenters. The van der Waals surface area contributed by atoms with Crippen LogP contribution in [-0.2, 0) is 6.54 Å². The number of aryl methyl sites for hydroxylation is 1. The van der Waals surface area contributed by atoms with Crippen LogP contribution in [0.2, 0.25) is 5.02 Å². The van der Waals surface area contributed by atoms with Crippen LogP contribution in [0.25, 0.3) is 0 Å². The van der Waals surface area contributed by atoms with E-state index in [1.807, 2.05) is 6.92 Å². The Morgan fingerprint density at radius 3 is 2.62 bits per heavy atom. The van der Waals surface area contributed by atoms with Crippen molar-refractivity contribution < 1.29 is 10.3 Å². The maximum absolute atomic E-state index is 9.27. The molecule has 0 heterocycles. The highest BCUT2D eigenvalue weighted by Crippen LogP contribution is 2.26. The Morgan fingerprint density at radius 1 is 1.46 bits per heavy atom. The van der Waals surface area contributed by atoms with Crippen molar-refractivity contribution in [2.24, 2.45) is 0 Å². The second-order valence-electron chi connectivity index (χ2n) is 3.05. The molecule has 1 aromatic carbocycles. The molecule has 0 atom stereocenters. The average Bonchev–Trinajstić information content (AvgIpc) is 1.98. The number of hydrogen-bond donors (Lipinski definition) is 2. The second kappa shape index (κ2) is 3.96. The van der Waals surface area contributed by atoms with Crippen LogP contribution in [0, 0.1) is 6.92 Å². The molecule has 0 aromatic heterocycles. The predicted molar refractivity (Wildman–Crippen MR) is 51.1 cm³/mol. The molecule has 3 nitrogen and oxygen atoms in total. The van der Waals surface area contributed by atoms with Crippen LogP contribution in [0.1, 0.15) is 11.1 Å². The third-order valence-electron chi connectivity index (χ3n) is 1.71. The van der Waals surface area contributed by atoms with Crippen LogP contribution >= 0.6 is 11.6 Å². The summed E-state index contributed by atoms with van der Waals surface area (Å²) in [7, 11) is 1.52. The number of phenols is 1. The smallest absolute Gasteiger partial charge is 0.116 e. The fourth-order valence-corrected chi connectivity index (χ4v) is 1.35. The Morgan fingerprint density at radius 2 is 2.08 bits per heavy atom. The molecule has 0 aliphatic heterocycles. The molecule has 1 aromatic rings. The summed E-state index contributed by atoms with van der Waals surface area (Å²) >= 11 is 5.96. The van der Waals surface area contributed by atoms with E-state index >= 15 is 0 Å². The molecule has 0 radical (unpaired) electrons. The topological polar surface area (TPSA) is 43.7 Å². The van der Waals surface area contributed by atoms with Crippen LogP contribution in [0.3, 0.4) is 0 Å². The maximum atomic E-state index is 9.27. The van der Waals surface area contributed by atoms with Gasteiger partial charge in [-0.05, 0) is 30.2 Å². The van der Waals surface area contributed by atoms with Gasteiger partial charge in [0.2, 0.25) is 0 Å². The van der Waals surface area contributed by atoms with Gasteiger partial charge in [0.05, 0.1) is 6.54 Å². The maximum Gasteiger partial charge on any atom is 0.116 e. The molecular formula is C9H12ClNO2. The standard InChI is InChI=1S/C9H12ClNO2/c1-6-3-8(12)4-7(9(6)10)5-11(2)13/h3-4,12-13H,5H2,1-2H3. The lowest BCUT2D eigenvalue weighted by molar-refractivity contribution is -0.0731. The zero-order valence-corrected chi connectivity index (χ0v) is 8.34. The van der Waals surface area contributed by atoms with E-state index in [2.05, 4.69) is 0 Å². The van der Waals surface area contributed by atoms with Gasteiger partial charge in [-0.2, -0.15) is 5.06 Å².